The molecule has 2 amide bonds. The fourth-order valence-corrected chi connectivity index (χ4v) is 5.55. The summed E-state index contributed by atoms with van der Waals surface area (Å²) in [5.74, 6) is 1.91. The minimum absolute atomic E-state index is 0.147. The van der Waals surface area contributed by atoms with Crippen LogP contribution in [-0.4, -0.2) is 43.8 Å². The Hall–Kier alpha value is -1.60. The molecule has 0 saturated carbocycles. The van der Waals surface area contributed by atoms with Crippen LogP contribution in [0.5, 0.6) is 0 Å². The second kappa shape index (κ2) is 5.24. The molecule has 2 aliphatic heterocycles. The van der Waals surface area contributed by atoms with Gasteiger partial charge in [-0.1, -0.05) is 0 Å². The van der Waals surface area contributed by atoms with E-state index in [0.717, 1.165) is 22.6 Å². The van der Waals surface area contributed by atoms with Gasteiger partial charge in [0.25, 0.3) is 0 Å². The predicted octanol–water partition coefficient (Wildman–Crippen LogP) is 2.03. The highest BCUT2D eigenvalue weighted by Gasteiger charge is 2.50. The van der Waals surface area contributed by atoms with E-state index >= 15 is 0 Å². The fourth-order valence-electron chi connectivity index (χ4n) is 2.72. The van der Waals surface area contributed by atoms with E-state index in [2.05, 4.69) is 9.97 Å². The highest BCUT2D eigenvalue weighted by molar-refractivity contribution is 8.08. The molecule has 0 aliphatic carbocycles. The van der Waals surface area contributed by atoms with Gasteiger partial charge in [-0.3, -0.25) is 9.59 Å². The van der Waals surface area contributed by atoms with Crippen molar-refractivity contribution in [3.05, 3.63) is 30.0 Å². The van der Waals surface area contributed by atoms with Gasteiger partial charge in [-0.05, 0) is 31.2 Å². The number of aromatic nitrogens is 2. The summed E-state index contributed by atoms with van der Waals surface area (Å²) in [7, 11) is 0. The average Bonchev–Trinajstić information content (AvgIpc) is 2.79. The van der Waals surface area contributed by atoms with Crippen LogP contribution in [0.1, 0.15) is 5.69 Å². The highest BCUT2D eigenvalue weighted by Crippen LogP contribution is 2.39. The standard InChI is InChI=1S/C15H13N3O2S2/c1-8-2-3-9-4-5-10(17-13(9)16-8)18-14(19)11-12(15(18)20)22-7-6-21-11/h2-5,11-12H,6-7H2,1H3. The van der Waals surface area contributed by atoms with Crippen molar-refractivity contribution in [3.8, 4) is 0 Å². The average molecular weight is 331 g/mol. The van der Waals surface area contributed by atoms with Gasteiger partial charge in [0.15, 0.2) is 5.65 Å². The number of rotatable bonds is 1. The van der Waals surface area contributed by atoms with Gasteiger partial charge in [-0.2, -0.15) is 0 Å². The number of aryl methyl sites for hydroxylation is 1. The summed E-state index contributed by atoms with van der Waals surface area (Å²) >= 11 is 3.15. The van der Waals surface area contributed by atoms with Gasteiger partial charge in [0, 0.05) is 22.6 Å². The first kappa shape index (κ1) is 14.0. The molecule has 22 heavy (non-hydrogen) atoms. The van der Waals surface area contributed by atoms with Crippen LogP contribution in [0.15, 0.2) is 24.3 Å². The Morgan fingerprint density at radius 1 is 1.00 bits per heavy atom. The Labute approximate surface area is 135 Å². The molecule has 2 aromatic rings. The summed E-state index contributed by atoms with van der Waals surface area (Å²) in [6.07, 6.45) is 0. The SMILES string of the molecule is Cc1ccc2ccc(N3C(=O)C4SCCSC4C3=O)nc2n1. The van der Waals surface area contributed by atoms with Crippen molar-refractivity contribution in [1.82, 2.24) is 9.97 Å². The number of pyridine rings is 2. The van der Waals surface area contributed by atoms with Crippen molar-refractivity contribution in [2.24, 2.45) is 0 Å². The number of fused-ring (bicyclic) bond motifs is 2. The highest BCUT2D eigenvalue weighted by atomic mass is 32.2. The third-order valence-electron chi connectivity index (χ3n) is 3.79. The first-order valence-corrected chi connectivity index (χ1v) is 9.10. The topological polar surface area (TPSA) is 63.2 Å². The summed E-state index contributed by atoms with van der Waals surface area (Å²) in [5.41, 5.74) is 1.42. The van der Waals surface area contributed by atoms with Gasteiger partial charge >= 0.3 is 0 Å². The molecule has 112 valence electrons. The second-order valence-corrected chi connectivity index (χ2v) is 7.76. The summed E-state index contributed by atoms with van der Waals surface area (Å²) in [6.45, 7) is 1.89. The monoisotopic (exact) mass is 331 g/mol. The number of hydrogen-bond acceptors (Lipinski definition) is 6. The molecule has 5 nitrogen and oxygen atoms in total. The van der Waals surface area contributed by atoms with E-state index in [1.54, 1.807) is 29.6 Å². The quantitative estimate of drug-likeness (QED) is 0.745. The van der Waals surface area contributed by atoms with Gasteiger partial charge in [0.1, 0.15) is 16.3 Å². The largest absolute Gasteiger partial charge is 0.273 e. The van der Waals surface area contributed by atoms with Crippen LogP contribution in [0.2, 0.25) is 0 Å². The first-order valence-electron chi connectivity index (χ1n) is 7.00. The van der Waals surface area contributed by atoms with E-state index in [4.69, 9.17) is 0 Å². The third kappa shape index (κ3) is 2.11. The maximum atomic E-state index is 12.6. The zero-order valence-electron chi connectivity index (χ0n) is 11.9. The van der Waals surface area contributed by atoms with E-state index < -0.39 is 0 Å². The molecule has 2 fully saturated rings. The summed E-state index contributed by atoms with van der Waals surface area (Å²) in [4.78, 5) is 35.2. The third-order valence-corrected chi connectivity index (χ3v) is 6.76. The minimum Gasteiger partial charge on any atom is -0.273 e. The van der Waals surface area contributed by atoms with Crippen LogP contribution >= 0.6 is 23.5 Å². The van der Waals surface area contributed by atoms with E-state index in [-0.39, 0.29) is 22.3 Å². The molecule has 7 heteroatoms. The molecule has 0 N–H and O–H groups in total. The number of anilines is 1. The van der Waals surface area contributed by atoms with Crippen molar-refractivity contribution in [2.75, 3.05) is 16.4 Å². The van der Waals surface area contributed by atoms with Crippen molar-refractivity contribution in [3.63, 3.8) is 0 Å². The molecule has 2 aromatic heterocycles. The molecule has 0 radical (unpaired) electrons. The zero-order valence-corrected chi connectivity index (χ0v) is 13.5. The number of nitrogens with zero attached hydrogens (tertiary/aromatic N) is 3. The summed E-state index contributed by atoms with van der Waals surface area (Å²) < 4.78 is 0. The maximum Gasteiger partial charge on any atom is 0.249 e. The number of thioether (sulfide) groups is 2. The molecular weight excluding hydrogens is 318 g/mol. The Morgan fingerprint density at radius 2 is 1.64 bits per heavy atom. The number of hydrogen-bond donors (Lipinski definition) is 0. The molecule has 0 bridgehead atoms. The van der Waals surface area contributed by atoms with Crippen LogP contribution in [0.4, 0.5) is 5.82 Å². The molecule has 2 saturated heterocycles. The van der Waals surface area contributed by atoms with Gasteiger partial charge in [-0.25, -0.2) is 14.9 Å². The van der Waals surface area contributed by atoms with Crippen molar-refractivity contribution in [2.45, 2.75) is 17.4 Å². The number of imide groups is 1. The van der Waals surface area contributed by atoms with E-state index in [0.29, 0.717) is 11.5 Å². The van der Waals surface area contributed by atoms with Gasteiger partial charge < -0.3 is 0 Å². The lowest BCUT2D eigenvalue weighted by atomic mass is 10.2. The lowest BCUT2D eigenvalue weighted by Gasteiger charge is -2.19. The summed E-state index contributed by atoms with van der Waals surface area (Å²) in [6, 6.07) is 7.43. The number of carbonyl (C=O) groups is 2. The Morgan fingerprint density at radius 3 is 2.32 bits per heavy atom. The smallest absolute Gasteiger partial charge is 0.249 e. The molecule has 0 spiro atoms. The maximum absolute atomic E-state index is 12.6. The molecule has 4 rings (SSSR count). The molecule has 2 atom stereocenters. The van der Waals surface area contributed by atoms with Crippen LogP contribution in [-0.2, 0) is 9.59 Å². The molecule has 2 aliphatic rings. The van der Waals surface area contributed by atoms with Crippen LogP contribution in [0.25, 0.3) is 11.0 Å². The van der Waals surface area contributed by atoms with Crippen molar-refractivity contribution in [1.29, 1.82) is 0 Å². The molecule has 0 aromatic carbocycles. The summed E-state index contributed by atoms with van der Waals surface area (Å²) in [5, 5.41) is 0.359. The van der Waals surface area contributed by atoms with Gasteiger partial charge in [0.2, 0.25) is 11.8 Å². The molecule has 4 heterocycles. The Bertz CT molecular complexity index is 771. The lowest BCUT2D eigenvalue weighted by Crippen LogP contribution is -2.32. The Kier molecular flexibility index (Phi) is 3.34. The van der Waals surface area contributed by atoms with Crippen molar-refractivity contribution >= 4 is 52.2 Å². The fraction of sp³-hybridized carbons (Fsp3) is 0.333. The first-order chi connectivity index (χ1) is 10.6. The second-order valence-electron chi connectivity index (χ2n) is 5.26. The van der Waals surface area contributed by atoms with Crippen molar-refractivity contribution < 1.29 is 9.59 Å². The van der Waals surface area contributed by atoms with E-state index in [9.17, 15) is 9.59 Å². The van der Waals surface area contributed by atoms with E-state index in [1.165, 1.54) is 4.90 Å². The number of carbonyl (C=O) groups excluding carboxylic acids is 2. The predicted molar refractivity (Wildman–Crippen MR) is 89.3 cm³/mol. The van der Waals surface area contributed by atoms with E-state index in [1.807, 2.05) is 25.1 Å². The lowest BCUT2D eigenvalue weighted by molar-refractivity contribution is -0.121. The minimum atomic E-state index is -0.269. The van der Waals surface area contributed by atoms with Gasteiger partial charge in [-0.15, -0.1) is 23.5 Å². The molecular formula is C15H13N3O2S2. The zero-order chi connectivity index (χ0) is 15.3. The Balaban J connectivity index is 1.77. The van der Waals surface area contributed by atoms with Gasteiger partial charge in [0.05, 0.1) is 0 Å². The normalized spacial score (nSPS) is 24.9. The van der Waals surface area contributed by atoms with Crippen LogP contribution in [0, 0.1) is 6.92 Å². The molecule has 2 unspecified atom stereocenters. The van der Waals surface area contributed by atoms with Crippen LogP contribution in [0.3, 0.4) is 0 Å². The number of amides is 2. The van der Waals surface area contributed by atoms with Crippen LogP contribution < -0.4 is 4.90 Å².